The molecule has 2 heterocycles. The normalized spacial score (nSPS) is 19.1. The molecule has 1 aromatic carbocycles. The number of primary amides is 1. The van der Waals surface area contributed by atoms with Gasteiger partial charge < -0.3 is 26.0 Å². The molecule has 6 N–H and O–H groups in total. The van der Waals surface area contributed by atoms with E-state index in [1.54, 1.807) is 0 Å². The van der Waals surface area contributed by atoms with Gasteiger partial charge in [-0.1, -0.05) is 0 Å². The first kappa shape index (κ1) is 25.7. The highest BCUT2D eigenvalue weighted by Crippen LogP contribution is 2.33. The zero-order valence-electron chi connectivity index (χ0n) is 18.5. The molecular formula is C21H27F2N5O5S. The maximum absolute atomic E-state index is 14.0. The Bertz CT molecular complexity index is 1010. The van der Waals surface area contributed by atoms with Crippen molar-refractivity contribution in [1.29, 1.82) is 0 Å². The molecule has 1 aromatic heterocycles. The number of nitrogens with one attached hydrogen (secondary N) is 2. The number of halogens is 2. The number of unbranched alkanes of at least 4 members (excludes halogenated alkanes) is 1. The van der Waals surface area contributed by atoms with E-state index < -0.39 is 41.9 Å². The molecule has 13 heteroatoms. The van der Waals surface area contributed by atoms with Gasteiger partial charge in [0.2, 0.25) is 5.88 Å². The van der Waals surface area contributed by atoms with E-state index in [1.807, 2.05) is 4.90 Å². The van der Waals surface area contributed by atoms with Gasteiger partial charge >= 0.3 is 6.03 Å². The third-order valence-corrected chi connectivity index (χ3v) is 6.09. The summed E-state index contributed by atoms with van der Waals surface area (Å²) in [5, 5.41) is 24.3. The molecule has 3 unspecified atom stereocenters. The van der Waals surface area contributed by atoms with E-state index in [2.05, 4.69) is 15.0 Å². The van der Waals surface area contributed by atoms with Gasteiger partial charge in [0, 0.05) is 25.2 Å². The van der Waals surface area contributed by atoms with Gasteiger partial charge in [0.05, 0.1) is 12.2 Å². The quantitative estimate of drug-likeness (QED) is 0.312. The lowest BCUT2D eigenvalue weighted by atomic mass is 10.1. The molecular weight excluding hydrogens is 472 g/mol. The lowest BCUT2D eigenvalue weighted by molar-refractivity contribution is 0.0572. The number of nitrogens with two attached hydrogens (primary N) is 1. The van der Waals surface area contributed by atoms with Crippen molar-refractivity contribution in [3.05, 3.63) is 41.0 Å². The van der Waals surface area contributed by atoms with Crippen LogP contribution in [0.4, 0.5) is 18.6 Å². The maximum atomic E-state index is 14.0. The van der Waals surface area contributed by atoms with Crippen LogP contribution < -0.4 is 21.1 Å². The summed E-state index contributed by atoms with van der Waals surface area (Å²) in [7, 11) is 0. The molecule has 0 spiro atoms. The van der Waals surface area contributed by atoms with Crippen molar-refractivity contribution in [2.75, 3.05) is 31.5 Å². The largest absolute Gasteiger partial charge is 0.468 e. The Kier molecular flexibility index (Phi) is 8.72. The number of amides is 3. The Labute approximate surface area is 198 Å². The summed E-state index contributed by atoms with van der Waals surface area (Å²) in [6, 6.07) is 2.35. The Morgan fingerprint density at radius 2 is 2.00 bits per heavy atom. The van der Waals surface area contributed by atoms with Crippen LogP contribution in [0.1, 0.15) is 41.8 Å². The number of β-amino-alcohol motifs (C(OH)–C–C–N with tert-alkyl or cyclic N) is 2. The van der Waals surface area contributed by atoms with Crippen LogP contribution in [-0.4, -0.2) is 69.8 Å². The maximum Gasteiger partial charge on any atom is 0.319 e. The van der Waals surface area contributed by atoms with Crippen molar-refractivity contribution in [3.8, 4) is 5.88 Å². The molecule has 1 saturated heterocycles. The predicted molar refractivity (Wildman–Crippen MR) is 121 cm³/mol. The fourth-order valence-electron chi connectivity index (χ4n) is 3.55. The van der Waals surface area contributed by atoms with Crippen molar-refractivity contribution >= 4 is 28.5 Å². The average Bonchev–Trinajstić information content (AvgIpc) is 3.31. The predicted octanol–water partition coefficient (Wildman–Crippen LogP) is 1.60. The SMILES string of the molecule is CC(Oc1nsc(NC(=O)NCCCCN2CC(O)C(O)C2)c1C(N)=O)c1cc(F)ccc1F. The third kappa shape index (κ3) is 6.59. The summed E-state index contributed by atoms with van der Waals surface area (Å²) in [5.41, 5.74) is 5.19. The van der Waals surface area contributed by atoms with E-state index in [-0.39, 0.29) is 22.0 Å². The Balaban J connectivity index is 1.51. The Morgan fingerprint density at radius 1 is 1.29 bits per heavy atom. The van der Waals surface area contributed by atoms with Crippen molar-refractivity contribution in [2.45, 2.75) is 38.1 Å². The minimum atomic E-state index is -0.976. The zero-order valence-corrected chi connectivity index (χ0v) is 19.3. The van der Waals surface area contributed by atoms with Crippen LogP contribution in [0.5, 0.6) is 5.88 Å². The molecule has 1 fully saturated rings. The molecule has 3 amide bonds. The highest BCUT2D eigenvalue weighted by molar-refractivity contribution is 7.11. The molecule has 1 aliphatic rings. The number of aliphatic hydroxyl groups is 2. The fourth-order valence-corrected chi connectivity index (χ4v) is 4.28. The van der Waals surface area contributed by atoms with Crippen LogP contribution >= 0.6 is 11.5 Å². The number of ether oxygens (including phenoxy) is 1. The van der Waals surface area contributed by atoms with Crippen LogP contribution in [0.25, 0.3) is 0 Å². The van der Waals surface area contributed by atoms with Crippen LogP contribution in [0.3, 0.4) is 0 Å². The van der Waals surface area contributed by atoms with E-state index >= 15 is 0 Å². The monoisotopic (exact) mass is 499 g/mol. The van der Waals surface area contributed by atoms with Crippen molar-refractivity contribution < 1.29 is 33.3 Å². The number of aromatic nitrogens is 1. The summed E-state index contributed by atoms with van der Waals surface area (Å²) in [4.78, 5) is 26.1. The first-order valence-corrected chi connectivity index (χ1v) is 11.5. The molecule has 3 rings (SSSR count). The minimum Gasteiger partial charge on any atom is -0.468 e. The number of hydrogen-bond donors (Lipinski definition) is 5. The van der Waals surface area contributed by atoms with Gasteiger partial charge in [0.25, 0.3) is 5.91 Å². The highest BCUT2D eigenvalue weighted by atomic mass is 32.1. The number of carbonyl (C=O) groups is 2. The number of benzene rings is 1. The molecule has 1 aliphatic heterocycles. The molecule has 0 bridgehead atoms. The van der Waals surface area contributed by atoms with Crippen molar-refractivity contribution in [2.24, 2.45) is 5.73 Å². The second kappa shape index (κ2) is 11.5. The lowest BCUT2D eigenvalue weighted by Crippen LogP contribution is -2.31. The number of hydrogen-bond acceptors (Lipinski definition) is 8. The standard InChI is InChI=1S/C21H27F2N5O5S/c1-11(13-8-12(22)4-5-14(13)23)33-19-17(18(24)31)20(34-27-19)26-21(32)25-6-2-3-7-28-9-15(29)16(30)10-28/h4-5,8,11,15-16,29-30H,2-3,6-7,9-10H2,1H3,(H2,24,31)(H2,25,26,32). The first-order chi connectivity index (χ1) is 16.2. The van der Waals surface area contributed by atoms with E-state index in [4.69, 9.17) is 10.5 Å². The number of carbonyl (C=O) groups excluding carboxylic acids is 2. The van der Waals surface area contributed by atoms with Crippen LogP contribution in [0.2, 0.25) is 0 Å². The number of anilines is 1. The van der Waals surface area contributed by atoms with Crippen molar-refractivity contribution in [1.82, 2.24) is 14.6 Å². The Hall–Kier alpha value is -2.87. The second-order valence-electron chi connectivity index (χ2n) is 7.96. The summed E-state index contributed by atoms with van der Waals surface area (Å²) in [6.07, 6.45) is -1.03. The smallest absolute Gasteiger partial charge is 0.319 e. The van der Waals surface area contributed by atoms with Gasteiger partial charge in [0.15, 0.2) is 0 Å². The number of rotatable bonds is 10. The fraction of sp³-hybridized carbons (Fsp3) is 0.476. The number of aliphatic hydroxyl groups excluding tert-OH is 2. The van der Waals surface area contributed by atoms with Crippen molar-refractivity contribution in [3.63, 3.8) is 0 Å². The summed E-state index contributed by atoms with van der Waals surface area (Å²) >= 11 is 0.769. The number of urea groups is 1. The van der Waals surface area contributed by atoms with E-state index in [9.17, 15) is 28.6 Å². The van der Waals surface area contributed by atoms with Gasteiger partial charge in [0.1, 0.15) is 28.3 Å². The molecule has 0 aliphatic carbocycles. The van der Waals surface area contributed by atoms with Crippen LogP contribution in [-0.2, 0) is 0 Å². The molecule has 2 aromatic rings. The second-order valence-corrected chi connectivity index (χ2v) is 8.74. The van der Waals surface area contributed by atoms with E-state index in [0.29, 0.717) is 32.6 Å². The molecule has 3 atom stereocenters. The van der Waals surface area contributed by atoms with Gasteiger partial charge in [-0.2, -0.15) is 4.37 Å². The van der Waals surface area contributed by atoms with Crippen LogP contribution in [0, 0.1) is 11.6 Å². The zero-order chi connectivity index (χ0) is 24.8. The molecule has 186 valence electrons. The van der Waals surface area contributed by atoms with Gasteiger partial charge in [-0.25, -0.2) is 13.6 Å². The van der Waals surface area contributed by atoms with E-state index in [1.165, 1.54) is 6.92 Å². The first-order valence-electron chi connectivity index (χ1n) is 10.7. The van der Waals surface area contributed by atoms with E-state index in [0.717, 1.165) is 36.2 Å². The molecule has 34 heavy (non-hydrogen) atoms. The summed E-state index contributed by atoms with van der Waals surface area (Å²) in [5.74, 6) is -2.42. The number of likely N-dealkylation sites (tertiary alicyclic amines) is 1. The third-order valence-electron chi connectivity index (χ3n) is 5.34. The Morgan fingerprint density at radius 3 is 2.68 bits per heavy atom. The lowest BCUT2D eigenvalue weighted by Gasteiger charge is -2.15. The van der Waals surface area contributed by atoms with Gasteiger partial charge in [-0.15, -0.1) is 0 Å². The van der Waals surface area contributed by atoms with Crippen LogP contribution in [0.15, 0.2) is 18.2 Å². The van der Waals surface area contributed by atoms with Gasteiger partial charge in [-0.05, 0) is 56.0 Å². The molecule has 0 radical (unpaired) electrons. The highest BCUT2D eigenvalue weighted by Gasteiger charge is 2.29. The summed E-state index contributed by atoms with van der Waals surface area (Å²) < 4.78 is 37.0. The molecule has 10 nitrogen and oxygen atoms in total. The average molecular weight is 500 g/mol. The topological polar surface area (TPSA) is 150 Å². The minimum absolute atomic E-state index is 0.0615. The molecule has 0 saturated carbocycles. The summed E-state index contributed by atoms with van der Waals surface area (Å²) in [6.45, 7) is 3.35. The van der Waals surface area contributed by atoms with Gasteiger partial charge in [-0.3, -0.25) is 15.0 Å². The number of nitrogens with zero attached hydrogens (tertiary/aromatic N) is 2.